The molecule has 0 radical (unpaired) electrons. The number of para-hydroxylation sites is 2. The van der Waals surface area contributed by atoms with Crippen LogP contribution in [-0.4, -0.2) is 42.1 Å². The minimum Gasteiger partial charge on any atom is -0.489 e. The van der Waals surface area contributed by atoms with Crippen LogP contribution >= 0.6 is 0 Å². The molecule has 2 heterocycles. The highest BCUT2D eigenvalue weighted by Crippen LogP contribution is 2.38. The number of ether oxygens (including phenoxy) is 1. The zero-order valence-corrected chi connectivity index (χ0v) is 17.4. The number of rotatable bonds is 2. The van der Waals surface area contributed by atoms with E-state index in [1.54, 1.807) is 11.9 Å². The third-order valence-corrected chi connectivity index (χ3v) is 6.22. The van der Waals surface area contributed by atoms with E-state index in [1.807, 2.05) is 24.3 Å². The number of likely N-dealkylation sites (N-methyl/N-ethyl adjacent to an activating group) is 1. The Morgan fingerprint density at radius 3 is 2.83 bits per heavy atom. The quantitative estimate of drug-likeness (QED) is 0.807. The highest BCUT2D eigenvalue weighted by atomic mass is 16.5. The summed E-state index contributed by atoms with van der Waals surface area (Å²) in [6.07, 6.45) is 1.68. The second kappa shape index (κ2) is 7.37. The van der Waals surface area contributed by atoms with Gasteiger partial charge in [-0.05, 0) is 36.3 Å². The van der Waals surface area contributed by atoms with Gasteiger partial charge in [-0.1, -0.05) is 38.1 Å². The summed E-state index contributed by atoms with van der Waals surface area (Å²) in [5, 5.41) is 17.8. The molecule has 1 aliphatic carbocycles. The van der Waals surface area contributed by atoms with Crippen molar-refractivity contribution in [3.05, 3.63) is 41.3 Å². The average molecular weight is 399 g/mol. The molecule has 0 saturated carbocycles. The van der Waals surface area contributed by atoms with Crippen LogP contribution in [0.5, 0.6) is 5.75 Å². The normalized spacial score (nSPS) is 24.2. The SMILES string of the molecule is CN1c2ccccc2OC[C@H](NC(=O)c2noc3c2CC(C(C)(C)C)CC3)C1O. The van der Waals surface area contributed by atoms with E-state index < -0.39 is 12.3 Å². The molecule has 1 aromatic heterocycles. The molecule has 1 aromatic carbocycles. The van der Waals surface area contributed by atoms with Crippen molar-refractivity contribution in [2.75, 3.05) is 18.6 Å². The molecule has 2 N–H and O–H groups in total. The maximum atomic E-state index is 13.0. The standard InChI is InChI=1S/C22H29N3O4/c1-22(2,3)13-9-10-17-14(11-13)19(24-29-17)20(26)23-15-12-28-18-8-6-5-7-16(18)25(4)21(15)27/h5-8,13,15,21,27H,9-12H2,1-4H3,(H,23,26)/t13?,15-,21?/m0/s1. The van der Waals surface area contributed by atoms with E-state index in [1.165, 1.54) is 0 Å². The monoisotopic (exact) mass is 399 g/mol. The second-order valence-electron chi connectivity index (χ2n) is 9.12. The molecule has 0 spiro atoms. The number of carbonyl (C=O) groups excluding carboxylic acids is 1. The largest absolute Gasteiger partial charge is 0.489 e. The third-order valence-electron chi connectivity index (χ3n) is 6.22. The van der Waals surface area contributed by atoms with E-state index >= 15 is 0 Å². The van der Waals surface area contributed by atoms with Crippen LogP contribution < -0.4 is 15.0 Å². The molecule has 0 saturated heterocycles. The summed E-state index contributed by atoms with van der Waals surface area (Å²) in [7, 11) is 1.78. The molecular formula is C22H29N3O4. The summed E-state index contributed by atoms with van der Waals surface area (Å²) >= 11 is 0. The maximum absolute atomic E-state index is 13.0. The van der Waals surface area contributed by atoms with Gasteiger partial charge in [-0.15, -0.1) is 0 Å². The molecule has 2 aliphatic rings. The van der Waals surface area contributed by atoms with E-state index in [-0.39, 0.29) is 17.9 Å². The number of aryl methyl sites for hydroxylation is 1. The van der Waals surface area contributed by atoms with Gasteiger partial charge in [0.25, 0.3) is 5.91 Å². The van der Waals surface area contributed by atoms with Crippen molar-refractivity contribution in [1.82, 2.24) is 10.5 Å². The summed E-state index contributed by atoms with van der Waals surface area (Å²) in [5.41, 5.74) is 2.16. The van der Waals surface area contributed by atoms with E-state index in [0.717, 1.165) is 36.3 Å². The van der Waals surface area contributed by atoms with Crippen LogP contribution in [0.2, 0.25) is 0 Å². The highest BCUT2D eigenvalue weighted by Gasteiger charge is 2.36. The highest BCUT2D eigenvalue weighted by molar-refractivity contribution is 5.94. The molecule has 1 aliphatic heterocycles. The molecule has 0 bridgehead atoms. The number of fused-ring (bicyclic) bond motifs is 2. The van der Waals surface area contributed by atoms with E-state index in [0.29, 0.717) is 17.4 Å². The van der Waals surface area contributed by atoms with Crippen LogP contribution in [0.15, 0.2) is 28.8 Å². The molecule has 2 aromatic rings. The maximum Gasteiger partial charge on any atom is 0.274 e. The molecule has 7 heteroatoms. The molecule has 0 fully saturated rings. The van der Waals surface area contributed by atoms with E-state index in [2.05, 4.69) is 31.2 Å². The van der Waals surface area contributed by atoms with Crippen LogP contribution in [0.25, 0.3) is 0 Å². The number of anilines is 1. The van der Waals surface area contributed by atoms with Crippen molar-refractivity contribution in [2.45, 2.75) is 52.3 Å². The molecule has 3 atom stereocenters. The number of aliphatic hydroxyl groups excluding tert-OH is 1. The Morgan fingerprint density at radius 2 is 2.07 bits per heavy atom. The van der Waals surface area contributed by atoms with Crippen LogP contribution in [-0.2, 0) is 12.8 Å². The van der Waals surface area contributed by atoms with Crippen LogP contribution in [0.3, 0.4) is 0 Å². The minimum atomic E-state index is -0.923. The Morgan fingerprint density at radius 1 is 1.31 bits per heavy atom. The number of aliphatic hydroxyl groups is 1. The first-order chi connectivity index (χ1) is 13.8. The van der Waals surface area contributed by atoms with E-state index in [4.69, 9.17) is 9.26 Å². The second-order valence-corrected chi connectivity index (χ2v) is 9.12. The van der Waals surface area contributed by atoms with Gasteiger partial charge in [-0.2, -0.15) is 0 Å². The Labute approximate surface area is 171 Å². The summed E-state index contributed by atoms with van der Waals surface area (Å²) in [6, 6.07) is 6.89. The number of nitrogens with one attached hydrogen (secondary N) is 1. The Kier molecular flexibility index (Phi) is 5.02. The molecule has 156 valence electrons. The van der Waals surface area contributed by atoms with Gasteiger partial charge in [0.2, 0.25) is 0 Å². The Bertz CT molecular complexity index is 902. The van der Waals surface area contributed by atoms with Crippen molar-refractivity contribution in [3.63, 3.8) is 0 Å². The lowest BCUT2D eigenvalue weighted by Gasteiger charge is -2.33. The number of hydrogen-bond donors (Lipinski definition) is 2. The average Bonchev–Trinajstić information content (AvgIpc) is 3.08. The van der Waals surface area contributed by atoms with Gasteiger partial charge >= 0.3 is 0 Å². The molecule has 29 heavy (non-hydrogen) atoms. The first-order valence-electron chi connectivity index (χ1n) is 10.2. The first-order valence-corrected chi connectivity index (χ1v) is 10.2. The fourth-order valence-corrected chi connectivity index (χ4v) is 4.22. The number of carbonyl (C=O) groups is 1. The smallest absolute Gasteiger partial charge is 0.274 e. The van der Waals surface area contributed by atoms with Gasteiger partial charge in [-0.25, -0.2) is 0 Å². The summed E-state index contributed by atoms with van der Waals surface area (Å²) in [6.45, 7) is 6.84. The zero-order valence-electron chi connectivity index (χ0n) is 17.4. The Balaban J connectivity index is 1.52. The number of hydrogen-bond acceptors (Lipinski definition) is 6. The fourth-order valence-electron chi connectivity index (χ4n) is 4.22. The third kappa shape index (κ3) is 3.71. The number of nitrogens with zero attached hydrogens (tertiary/aromatic N) is 2. The summed E-state index contributed by atoms with van der Waals surface area (Å²) < 4.78 is 11.3. The predicted octanol–water partition coefficient (Wildman–Crippen LogP) is 2.77. The van der Waals surface area contributed by atoms with Gasteiger partial charge < -0.3 is 24.6 Å². The van der Waals surface area contributed by atoms with Gasteiger partial charge in [-0.3, -0.25) is 4.79 Å². The lowest BCUT2D eigenvalue weighted by Crippen LogP contribution is -2.52. The van der Waals surface area contributed by atoms with Crippen LogP contribution in [0.1, 0.15) is 49.0 Å². The number of aromatic nitrogens is 1. The minimum absolute atomic E-state index is 0.155. The lowest BCUT2D eigenvalue weighted by atomic mass is 9.71. The lowest BCUT2D eigenvalue weighted by molar-refractivity contribution is 0.0763. The number of benzene rings is 1. The predicted molar refractivity (Wildman–Crippen MR) is 109 cm³/mol. The molecular weight excluding hydrogens is 370 g/mol. The van der Waals surface area contributed by atoms with Crippen molar-refractivity contribution in [2.24, 2.45) is 11.3 Å². The molecule has 2 unspecified atom stereocenters. The Hall–Kier alpha value is -2.54. The van der Waals surface area contributed by atoms with Gasteiger partial charge in [0.05, 0.1) is 5.69 Å². The van der Waals surface area contributed by atoms with Crippen molar-refractivity contribution >= 4 is 11.6 Å². The zero-order chi connectivity index (χ0) is 20.8. The van der Waals surface area contributed by atoms with Crippen molar-refractivity contribution in [1.29, 1.82) is 0 Å². The van der Waals surface area contributed by atoms with Gasteiger partial charge in [0.1, 0.15) is 24.2 Å². The molecule has 1 amide bonds. The van der Waals surface area contributed by atoms with Gasteiger partial charge in [0, 0.05) is 19.0 Å². The fraction of sp³-hybridized carbons (Fsp3) is 0.545. The first kappa shape index (κ1) is 19.8. The van der Waals surface area contributed by atoms with Crippen LogP contribution in [0.4, 0.5) is 5.69 Å². The topological polar surface area (TPSA) is 87.8 Å². The molecule has 4 rings (SSSR count). The summed E-state index contributed by atoms with van der Waals surface area (Å²) in [4.78, 5) is 14.7. The van der Waals surface area contributed by atoms with Crippen LogP contribution in [0, 0.1) is 11.3 Å². The summed E-state index contributed by atoms with van der Waals surface area (Å²) in [5.74, 6) is 1.61. The molecule has 7 nitrogen and oxygen atoms in total. The van der Waals surface area contributed by atoms with E-state index in [9.17, 15) is 9.90 Å². The van der Waals surface area contributed by atoms with Crippen molar-refractivity contribution in [3.8, 4) is 5.75 Å². The number of amides is 1. The van der Waals surface area contributed by atoms with Gasteiger partial charge in [0.15, 0.2) is 11.9 Å². The van der Waals surface area contributed by atoms with Crippen molar-refractivity contribution < 1.29 is 19.2 Å².